The van der Waals surface area contributed by atoms with Gasteiger partial charge in [-0.3, -0.25) is 0 Å². The van der Waals surface area contributed by atoms with Gasteiger partial charge in [-0.1, -0.05) is 268 Å². The minimum atomic E-state index is -0.332. The third-order valence-electron chi connectivity index (χ3n) is 22.6. The predicted molar refractivity (Wildman–Crippen MR) is 446 cm³/mol. The second-order valence-electron chi connectivity index (χ2n) is 34.6. The highest BCUT2D eigenvalue weighted by molar-refractivity contribution is 7.00. The fourth-order valence-electron chi connectivity index (χ4n) is 16.9. The van der Waals surface area contributed by atoms with E-state index < -0.39 is 0 Å². The molecule has 0 spiro atoms. The molecule has 0 unspecified atom stereocenters. The molecule has 16 aromatic rings. The Kier molecular flexibility index (Phi) is 14.5. The number of furan rings is 1. The molecule has 0 N–H and O–H groups in total. The summed E-state index contributed by atoms with van der Waals surface area (Å²) >= 11 is 0. The Labute approximate surface area is 612 Å². The zero-order valence-electron chi connectivity index (χ0n) is 62.7. The van der Waals surface area contributed by atoms with Gasteiger partial charge in [0, 0.05) is 66.6 Å². The summed E-state index contributed by atoms with van der Waals surface area (Å²) in [7, 11) is 0. The molecule has 5 nitrogen and oxygen atoms in total. The van der Waals surface area contributed by atoms with E-state index in [0.29, 0.717) is 0 Å². The minimum Gasteiger partial charge on any atom is -0.456 e. The number of anilines is 6. The van der Waals surface area contributed by atoms with Crippen LogP contribution in [0.1, 0.15) is 132 Å². The number of hydrogen-bond acceptors (Lipinski definition) is 3. The lowest BCUT2D eigenvalue weighted by atomic mass is 9.33. The van der Waals surface area contributed by atoms with Crippen molar-refractivity contribution in [2.45, 2.75) is 131 Å². The van der Waals surface area contributed by atoms with E-state index in [0.717, 1.165) is 101 Å². The molecule has 0 amide bonds. The van der Waals surface area contributed by atoms with Gasteiger partial charge in [-0.15, -0.1) is 0 Å². The molecule has 104 heavy (non-hydrogen) atoms. The quantitative estimate of drug-likeness (QED) is 0.149. The molecule has 0 radical (unpaired) electrons. The first-order chi connectivity index (χ1) is 49.7. The summed E-state index contributed by atoms with van der Waals surface area (Å²) in [6.45, 7) is 35.0. The topological polar surface area (TPSA) is 29.5 Å². The molecule has 0 atom stereocenters. The van der Waals surface area contributed by atoms with E-state index in [4.69, 9.17) is 4.42 Å². The zero-order chi connectivity index (χ0) is 71.8. The first kappa shape index (κ1) is 65.0. The molecule has 3 aromatic heterocycles. The average Bonchev–Trinajstić information content (AvgIpc) is 0.923. The summed E-state index contributed by atoms with van der Waals surface area (Å²) in [6, 6.07) is 102. The van der Waals surface area contributed by atoms with Crippen molar-refractivity contribution in [2.24, 2.45) is 0 Å². The van der Waals surface area contributed by atoms with E-state index in [2.05, 4.69) is 390 Å². The highest BCUT2D eigenvalue weighted by Crippen LogP contribution is 2.55. The van der Waals surface area contributed by atoms with Crippen molar-refractivity contribution in [1.29, 1.82) is 0 Å². The lowest BCUT2D eigenvalue weighted by Crippen LogP contribution is -2.61. The Morgan fingerprint density at radius 1 is 0.269 bits per heavy atom. The van der Waals surface area contributed by atoms with Gasteiger partial charge in [0.05, 0.1) is 38.8 Å². The highest BCUT2D eigenvalue weighted by Gasteiger charge is 2.46. The van der Waals surface area contributed by atoms with Crippen LogP contribution in [0, 0.1) is 0 Å². The van der Waals surface area contributed by atoms with Crippen molar-refractivity contribution >= 4 is 123 Å². The summed E-state index contributed by atoms with van der Waals surface area (Å²) in [5, 5.41) is 7.05. The van der Waals surface area contributed by atoms with Crippen molar-refractivity contribution in [3.05, 3.63) is 295 Å². The molecule has 0 saturated carbocycles. The number of fused-ring (bicyclic) bond motifs is 13. The van der Waals surface area contributed by atoms with Crippen LogP contribution >= 0.6 is 0 Å². The number of rotatable bonds is 7. The van der Waals surface area contributed by atoms with Gasteiger partial charge in [-0.05, 0) is 202 Å². The normalized spacial score (nSPS) is 13.5. The Morgan fingerprint density at radius 3 is 1.38 bits per heavy atom. The van der Waals surface area contributed by atoms with E-state index in [-0.39, 0.29) is 33.8 Å². The van der Waals surface area contributed by atoms with Gasteiger partial charge >= 0.3 is 0 Å². The molecule has 510 valence electrons. The summed E-state index contributed by atoms with van der Waals surface area (Å²) in [4.78, 5) is 5.41. The Morgan fingerprint density at radius 2 is 0.760 bits per heavy atom. The van der Waals surface area contributed by atoms with Gasteiger partial charge in [-0.2, -0.15) is 0 Å². The molecule has 0 bridgehead atoms. The van der Waals surface area contributed by atoms with E-state index in [9.17, 15) is 0 Å². The van der Waals surface area contributed by atoms with Gasteiger partial charge in [0.2, 0.25) is 0 Å². The number of para-hydroxylation sites is 3. The van der Waals surface area contributed by atoms with E-state index in [1.807, 2.05) is 0 Å². The van der Waals surface area contributed by atoms with Gasteiger partial charge in [0.15, 0.2) is 0 Å². The smallest absolute Gasteiger partial charge is 0.252 e. The summed E-state index contributed by atoms with van der Waals surface area (Å²) in [5.41, 5.74) is 31.8. The van der Waals surface area contributed by atoms with Crippen LogP contribution in [0.3, 0.4) is 0 Å². The number of benzene rings is 13. The summed E-state index contributed by atoms with van der Waals surface area (Å²) < 4.78 is 12.1. The van der Waals surface area contributed by atoms with Crippen molar-refractivity contribution in [3.63, 3.8) is 0 Å². The predicted octanol–water partition coefficient (Wildman–Crippen LogP) is 25.4. The van der Waals surface area contributed by atoms with Gasteiger partial charge in [0.1, 0.15) is 11.2 Å². The van der Waals surface area contributed by atoms with E-state index >= 15 is 0 Å². The molecule has 18 rings (SSSR count). The summed E-state index contributed by atoms with van der Waals surface area (Å²) in [5.74, 6) is 0. The maximum atomic E-state index is 7.07. The van der Waals surface area contributed by atoms with Gasteiger partial charge in [0.25, 0.3) is 6.71 Å². The Hall–Kier alpha value is -11.1. The molecular formula is C98H89BN4O. The van der Waals surface area contributed by atoms with Crippen LogP contribution in [0.25, 0.3) is 110 Å². The van der Waals surface area contributed by atoms with E-state index in [1.165, 1.54) is 87.9 Å². The van der Waals surface area contributed by atoms with Crippen LogP contribution in [0.5, 0.6) is 0 Å². The molecule has 5 heterocycles. The van der Waals surface area contributed by atoms with Crippen molar-refractivity contribution in [3.8, 4) is 44.8 Å². The largest absolute Gasteiger partial charge is 0.456 e. The number of aromatic nitrogens is 2. The van der Waals surface area contributed by atoms with Crippen LogP contribution in [-0.2, 0) is 27.1 Å². The monoisotopic (exact) mass is 1350 g/mol. The Bertz CT molecular complexity index is 6090. The molecule has 0 saturated heterocycles. The van der Waals surface area contributed by atoms with Crippen molar-refractivity contribution in [2.75, 3.05) is 9.80 Å². The SMILES string of the molecule is CC(C)(C)c1cc(-c2ccc3c(c2)N(c2c(-c4ccccc4)ccc4oc5ccccc5c24)c2cc(C(C)(C)C)cc4c2B3c2ccc(-n3c5ccc(C(C)(C)C)cc5c5cc(C(C)(C)C)ccc53)cc2N4c2cc(-c3ccccc3)cc3c2c2ccccc2n3-c2ccccc2)cc(C(C)(C)C)c1. The molecule has 0 aliphatic carbocycles. The highest BCUT2D eigenvalue weighted by atomic mass is 16.3. The molecule has 2 aliphatic heterocycles. The average molecular weight is 1350 g/mol. The molecule has 13 aromatic carbocycles. The second kappa shape index (κ2) is 23.2. The summed E-state index contributed by atoms with van der Waals surface area (Å²) in [6.07, 6.45) is 0. The van der Waals surface area contributed by atoms with Crippen molar-refractivity contribution < 1.29 is 4.42 Å². The van der Waals surface area contributed by atoms with Crippen LogP contribution < -0.4 is 26.2 Å². The first-order valence-corrected chi connectivity index (χ1v) is 37.2. The maximum absolute atomic E-state index is 7.07. The zero-order valence-corrected chi connectivity index (χ0v) is 62.7. The molecule has 6 heteroatoms. The third kappa shape index (κ3) is 10.4. The molecule has 0 fully saturated rings. The Balaban J connectivity index is 1.03. The second-order valence-corrected chi connectivity index (χ2v) is 34.6. The molecular weight excluding hydrogens is 1260 g/mol. The number of nitrogens with zero attached hydrogens (tertiary/aromatic N) is 4. The van der Waals surface area contributed by atoms with Crippen molar-refractivity contribution in [1.82, 2.24) is 9.13 Å². The van der Waals surface area contributed by atoms with Crippen LogP contribution in [0.2, 0.25) is 0 Å². The van der Waals surface area contributed by atoms with Crippen LogP contribution in [0.4, 0.5) is 34.1 Å². The molecule has 2 aliphatic rings. The van der Waals surface area contributed by atoms with E-state index in [1.54, 1.807) is 0 Å². The van der Waals surface area contributed by atoms with Gasteiger partial charge in [-0.25, -0.2) is 0 Å². The van der Waals surface area contributed by atoms with Crippen LogP contribution in [0.15, 0.2) is 271 Å². The third-order valence-corrected chi connectivity index (χ3v) is 22.6. The maximum Gasteiger partial charge on any atom is 0.252 e. The van der Waals surface area contributed by atoms with Crippen LogP contribution in [-0.4, -0.2) is 15.8 Å². The standard InChI is InChI=1S/C98H89BN4O/c1-94(2,3)65-40-46-80-75(55-65)76-56-66(95(4,5)6)41-47-81(76)101(80)71-42-45-78-83(59-71)102(85-53-64(60-29-19-16-20-30-60)52-84-90(85)73-35-25-27-37-79(73)100(84)70-33-23-18-24-34-70)86-57-69(98(13,14)15)58-87-92(86)99(78)77-44-39-62(63-49-67(96(7,8)9)54-68(50-63)97(10,11)12)51-82(77)103(87)93-72(61-31-21-17-22-32-61)43-48-89-91(93)74-36-26-28-38-88(74)104-89/h16-59H,1-15H3. The number of hydrogen-bond donors (Lipinski definition) is 0. The lowest BCUT2D eigenvalue weighted by molar-refractivity contribution is 0.569. The van der Waals surface area contributed by atoms with Gasteiger partial charge < -0.3 is 23.4 Å². The fourth-order valence-corrected chi connectivity index (χ4v) is 16.9. The first-order valence-electron chi connectivity index (χ1n) is 37.2. The lowest BCUT2D eigenvalue weighted by Gasteiger charge is -2.46. The fraction of sp³-hybridized carbons (Fsp3) is 0.204. The minimum absolute atomic E-state index is 0.0572.